The number of ether oxygens (including phenoxy) is 4. The van der Waals surface area contributed by atoms with Crippen LogP contribution < -0.4 is 18.9 Å². The van der Waals surface area contributed by atoms with Gasteiger partial charge in [-0.2, -0.15) is 0 Å². The summed E-state index contributed by atoms with van der Waals surface area (Å²) in [5.74, 6) is 1.58. The van der Waals surface area contributed by atoms with Crippen molar-refractivity contribution in [3.05, 3.63) is 47.5 Å². The van der Waals surface area contributed by atoms with Crippen molar-refractivity contribution in [3.63, 3.8) is 0 Å². The molecule has 30 heavy (non-hydrogen) atoms. The number of benzene rings is 2. The summed E-state index contributed by atoms with van der Waals surface area (Å²) in [4.78, 5) is 13.9. The van der Waals surface area contributed by atoms with Crippen molar-refractivity contribution < 1.29 is 28.8 Å². The van der Waals surface area contributed by atoms with Crippen LogP contribution in [0.25, 0.3) is 0 Å². The lowest BCUT2D eigenvalue weighted by atomic mass is 9.90. The van der Waals surface area contributed by atoms with Crippen LogP contribution in [0.15, 0.2) is 36.4 Å². The second-order valence-electron chi connectivity index (χ2n) is 7.29. The zero-order valence-electron chi connectivity index (χ0n) is 17.9. The molecule has 0 amide bonds. The minimum atomic E-state index is -0.766. The van der Waals surface area contributed by atoms with Crippen molar-refractivity contribution in [3.8, 4) is 23.0 Å². The molecule has 2 unspecified atom stereocenters. The Morgan fingerprint density at radius 2 is 1.60 bits per heavy atom. The molecule has 162 valence electrons. The highest BCUT2D eigenvalue weighted by Gasteiger charge is 2.34. The monoisotopic (exact) mass is 415 g/mol. The van der Waals surface area contributed by atoms with Crippen molar-refractivity contribution in [2.45, 2.75) is 18.9 Å². The average molecular weight is 415 g/mol. The third-order valence-electron chi connectivity index (χ3n) is 5.63. The molecule has 0 spiro atoms. The van der Waals surface area contributed by atoms with Gasteiger partial charge in [0.1, 0.15) is 23.0 Å². The summed E-state index contributed by atoms with van der Waals surface area (Å²) in [6, 6.07) is 11.1. The molecule has 2 aromatic carbocycles. The predicted octanol–water partition coefficient (Wildman–Crippen LogP) is 3.61. The fraction of sp³-hybridized carbons (Fsp3) is 0.435. The molecule has 0 aromatic heterocycles. The standard InChI is InChI=1S/C23H29NO6/c1-27-16-8-10-20(29-3)19(12-16)22(24-11-5-6-15(14-24)23(25)26)18-9-7-17(28-2)13-21(18)30-4/h7-10,12-13,15,22H,5-6,11,14H2,1-4H3,(H,25,26). The van der Waals surface area contributed by atoms with Crippen molar-refractivity contribution in [2.24, 2.45) is 5.92 Å². The molecule has 0 saturated carbocycles. The summed E-state index contributed by atoms with van der Waals surface area (Å²) in [5, 5.41) is 9.62. The normalized spacial score (nSPS) is 17.8. The van der Waals surface area contributed by atoms with Crippen LogP contribution >= 0.6 is 0 Å². The number of nitrogens with zero attached hydrogens (tertiary/aromatic N) is 1. The van der Waals surface area contributed by atoms with Crippen LogP contribution in [-0.4, -0.2) is 57.5 Å². The summed E-state index contributed by atoms with van der Waals surface area (Å²) in [7, 11) is 6.48. The van der Waals surface area contributed by atoms with Crippen molar-refractivity contribution in [2.75, 3.05) is 41.5 Å². The van der Waals surface area contributed by atoms with Crippen LogP contribution in [0.1, 0.15) is 30.0 Å². The zero-order chi connectivity index (χ0) is 21.7. The van der Waals surface area contributed by atoms with Gasteiger partial charge in [-0.1, -0.05) is 0 Å². The molecular weight excluding hydrogens is 386 g/mol. The van der Waals surface area contributed by atoms with Crippen LogP contribution in [0.2, 0.25) is 0 Å². The van der Waals surface area contributed by atoms with E-state index in [4.69, 9.17) is 18.9 Å². The number of carbonyl (C=O) groups is 1. The van der Waals surface area contributed by atoms with Crippen LogP contribution in [0.5, 0.6) is 23.0 Å². The molecule has 0 aliphatic carbocycles. The number of methoxy groups -OCH3 is 4. The van der Waals surface area contributed by atoms with E-state index in [1.54, 1.807) is 28.4 Å². The molecule has 1 aliphatic heterocycles. The molecule has 1 saturated heterocycles. The molecule has 2 atom stereocenters. The van der Waals surface area contributed by atoms with E-state index in [-0.39, 0.29) is 6.04 Å². The number of likely N-dealkylation sites (tertiary alicyclic amines) is 1. The van der Waals surface area contributed by atoms with Gasteiger partial charge in [-0.05, 0) is 49.7 Å². The molecule has 0 radical (unpaired) electrons. The largest absolute Gasteiger partial charge is 0.497 e. The second kappa shape index (κ2) is 9.71. The van der Waals surface area contributed by atoms with E-state index in [1.165, 1.54) is 0 Å². The highest BCUT2D eigenvalue weighted by atomic mass is 16.5. The smallest absolute Gasteiger partial charge is 0.307 e. The molecule has 1 heterocycles. The quantitative estimate of drug-likeness (QED) is 0.706. The maximum absolute atomic E-state index is 11.7. The summed E-state index contributed by atoms with van der Waals surface area (Å²) in [6.45, 7) is 1.21. The Morgan fingerprint density at radius 3 is 2.23 bits per heavy atom. The van der Waals surface area contributed by atoms with Gasteiger partial charge in [0, 0.05) is 23.7 Å². The van der Waals surface area contributed by atoms with E-state index in [0.29, 0.717) is 36.0 Å². The maximum Gasteiger partial charge on any atom is 0.307 e. The van der Waals surface area contributed by atoms with Gasteiger partial charge in [0.2, 0.25) is 0 Å². The van der Waals surface area contributed by atoms with E-state index in [9.17, 15) is 9.90 Å². The number of rotatable bonds is 8. The van der Waals surface area contributed by atoms with E-state index in [0.717, 1.165) is 24.1 Å². The van der Waals surface area contributed by atoms with E-state index in [2.05, 4.69) is 4.90 Å². The Kier molecular flexibility index (Phi) is 7.05. The number of piperidine rings is 1. The minimum Gasteiger partial charge on any atom is -0.497 e. The van der Waals surface area contributed by atoms with Gasteiger partial charge in [0.25, 0.3) is 0 Å². The van der Waals surface area contributed by atoms with Crippen molar-refractivity contribution >= 4 is 5.97 Å². The fourth-order valence-corrected chi connectivity index (χ4v) is 4.10. The van der Waals surface area contributed by atoms with Gasteiger partial charge in [-0.3, -0.25) is 9.69 Å². The van der Waals surface area contributed by atoms with E-state index >= 15 is 0 Å². The van der Waals surface area contributed by atoms with Gasteiger partial charge in [-0.15, -0.1) is 0 Å². The Labute approximate surface area is 177 Å². The first-order valence-corrected chi connectivity index (χ1v) is 9.93. The van der Waals surface area contributed by atoms with Crippen LogP contribution in [0, 0.1) is 5.92 Å². The first kappa shape index (κ1) is 21.8. The number of carboxylic acid groups (broad SMARTS) is 1. The van der Waals surface area contributed by atoms with Gasteiger partial charge < -0.3 is 24.1 Å². The molecule has 3 rings (SSSR count). The van der Waals surface area contributed by atoms with E-state index < -0.39 is 11.9 Å². The van der Waals surface area contributed by atoms with Crippen LogP contribution in [0.3, 0.4) is 0 Å². The second-order valence-corrected chi connectivity index (χ2v) is 7.29. The highest BCUT2D eigenvalue weighted by Crippen LogP contribution is 2.43. The SMILES string of the molecule is COc1ccc(C(c2cc(OC)ccc2OC)N2CCCC(C(=O)O)C2)c(OC)c1. The van der Waals surface area contributed by atoms with Gasteiger partial charge in [0.05, 0.1) is 40.4 Å². The first-order valence-electron chi connectivity index (χ1n) is 9.93. The molecule has 1 fully saturated rings. The lowest BCUT2D eigenvalue weighted by molar-refractivity contribution is -0.143. The Balaban J connectivity index is 2.16. The Hall–Kier alpha value is -2.93. The van der Waals surface area contributed by atoms with Crippen LogP contribution in [0.4, 0.5) is 0 Å². The molecule has 1 aliphatic rings. The third-order valence-corrected chi connectivity index (χ3v) is 5.63. The maximum atomic E-state index is 11.7. The first-order chi connectivity index (χ1) is 14.5. The third kappa shape index (κ3) is 4.46. The van der Waals surface area contributed by atoms with E-state index in [1.807, 2.05) is 36.4 Å². The molecule has 1 N–H and O–H groups in total. The molecule has 0 bridgehead atoms. The average Bonchev–Trinajstić information content (AvgIpc) is 2.79. The van der Waals surface area contributed by atoms with Gasteiger partial charge >= 0.3 is 5.97 Å². The number of hydrogen-bond acceptors (Lipinski definition) is 6. The number of hydrogen-bond donors (Lipinski definition) is 1. The summed E-state index contributed by atoms with van der Waals surface area (Å²) >= 11 is 0. The van der Waals surface area contributed by atoms with Gasteiger partial charge in [-0.25, -0.2) is 0 Å². The predicted molar refractivity (Wildman–Crippen MR) is 113 cm³/mol. The highest BCUT2D eigenvalue weighted by molar-refractivity contribution is 5.70. The van der Waals surface area contributed by atoms with Gasteiger partial charge in [0.15, 0.2) is 0 Å². The molecule has 7 heteroatoms. The topological polar surface area (TPSA) is 77.5 Å². The summed E-state index contributed by atoms with van der Waals surface area (Å²) < 4.78 is 22.2. The molecule has 7 nitrogen and oxygen atoms in total. The summed E-state index contributed by atoms with van der Waals surface area (Å²) in [5.41, 5.74) is 1.81. The van der Waals surface area contributed by atoms with Crippen molar-refractivity contribution in [1.82, 2.24) is 4.90 Å². The zero-order valence-corrected chi connectivity index (χ0v) is 17.9. The Morgan fingerprint density at radius 1 is 0.933 bits per heavy atom. The number of aliphatic carboxylic acids is 1. The molecular formula is C23H29NO6. The number of carboxylic acids is 1. The lowest BCUT2D eigenvalue weighted by Gasteiger charge is -2.38. The summed E-state index contributed by atoms with van der Waals surface area (Å²) in [6.07, 6.45) is 1.48. The molecule has 2 aromatic rings. The lowest BCUT2D eigenvalue weighted by Crippen LogP contribution is -2.41. The van der Waals surface area contributed by atoms with Crippen molar-refractivity contribution in [1.29, 1.82) is 0 Å². The fourth-order valence-electron chi connectivity index (χ4n) is 4.10. The van der Waals surface area contributed by atoms with Crippen LogP contribution in [-0.2, 0) is 4.79 Å². The Bertz CT molecular complexity index is 884. The minimum absolute atomic E-state index is 0.266.